The maximum absolute atomic E-state index is 13.0. The summed E-state index contributed by atoms with van der Waals surface area (Å²) in [5.41, 5.74) is 1.08. The number of alkyl halides is 2. The molecule has 0 amide bonds. The van der Waals surface area contributed by atoms with Crippen LogP contribution >= 0.6 is 0 Å². The highest BCUT2D eigenvalue weighted by Crippen LogP contribution is 2.42. The van der Waals surface area contributed by atoms with E-state index < -0.39 is 12.3 Å². The Bertz CT molecular complexity index is 372. The molecule has 3 heteroatoms. The van der Waals surface area contributed by atoms with Crippen LogP contribution in [0, 0.1) is 5.92 Å². The Morgan fingerprint density at radius 3 is 2.56 bits per heavy atom. The summed E-state index contributed by atoms with van der Waals surface area (Å²) in [6.07, 6.45) is 1.15. The molecule has 1 aliphatic rings. The van der Waals surface area contributed by atoms with E-state index in [2.05, 4.69) is 0 Å². The SMILES string of the molecule is O=Cc1cccc(C(C(F)F)C2CCC2)c1. The largest absolute Gasteiger partial charge is 0.298 e. The van der Waals surface area contributed by atoms with Crippen LogP contribution in [0.4, 0.5) is 8.78 Å². The number of aldehydes is 1. The van der Waals surface area contributed by atoms with Crippen molar-refractivity contribution in [2.75, 3.05) is 0 Å². The van der Waals surface area contributed by atoms with Crippen molar-refractivity contribution in [1.82, 2.24) is 0 Å². The molecule has 16 heavy (non-hydrogen) atoms. The normalized spacial score (nSPS) is 18.2. The average molecular weight is 224 g/mol. The third kappa shape index (κ3) is 2.13. The van der Waals surface area contributed by atoms with Gasteiger partial charge in [0.1, 0.15) is 6.29 Å². The van der Waals surface area contributed by atoms with E-state index >= 15 is 0 Å². The van der Waals surface area contributed by atoms with Crippen molar-refractivity contribution in [2.24, 2.45) is 5.92 Å². The third-order valence-corrected chi connectivity index (χ3v) is 3.36. The Labute approximate surface area is 93.5 Å². The molecule has 1 aromatic carbocycles. The first-order valence-electron chi connectivity index (χ1n) is 5.55. The van der Waals surface area contributed by atoms with Crippen LogP contribution in [0.25, 0.3) is 0 Å². The molecule has 1 saturated carbocycles. The summed E-state index contributed by atoms with van der Waals surface area (Å²) in [6, 6.07) is 6.59. The van der Waals surface area contributed by atoms with Crippen LogP contribution in [0.1, 0.15) is 41.1 Å². The summed E-state index contributed by atoms with van der Waals surface area (Å²) in [5.74, 6) is -0.615. The molecule has 86 valence electrons. The standard InChI is InChI=1S/C13H14F2O/c14-13(15)12(10-4-2-5-10)11-6-1-3-9(7-11)8-16/h1,3,6-8,10,12-13H,2,4-5H2. The van der Waals surface area contributed by atoms with Gasteiger partial charge < -0.3 is 0 Å². The molecule has 0 heterocycles. The molecule has 2 rings (SSSR count). The Morgan fingerprint density at radius 1 is 1.31 bits per heavy atom. The number of carbonyl (C=O) groups is 1. The first kappa shape index (κ1) is 11.2. The third-order valence-electron chi connectivity index (χ3n) is 3.36. The van der Waals surface area contributed by atoms with E-state index in [-0.39, 0.29) is 5.92 Å². The highest BCUT2D eigenvalue weighted by atomic mass is 19.3. The van der Waals surface area contributed by atoms with E-state index in [1.165, 1.54) is 0 Å². The topological polar surface area (TPSA) is 17.1 Å². The highest BCUT2D eigenvalue weighted by Gasteiger charge is 2.34. The zero-order valence-corrected chi connectivity index (χ0v) is 8.90. The zero-order chi connectivity index (χ0) is 11.5. The van der Waals surface area contributed by atoms with Gasteiger partial charge in [-0.25, -0.2) is 8.78 Å². The molecule has 0 spiro atoms. The number of rotatable bonds is 4. The van der Waals surface area contributed by atoms with Crippen molar-refractivity contribution in [3.63, 3.8) is 0 Å². The fourth-order valence-electron chi connectivity index (χ4n) is 2.26. The second-order valence-corrected chi connectivity index (χ2v) is 4.34. The number of hydrogen-bond donors (Lipinski definition) is 0. The molecule has 1 atom stereocenters. The molecule has 1 nitrogen and oxygen atoms in total. The molecule has 1 unspecified atom stereocenters. The molecule has 1 aromatic rings. The summed E-state index contributed by atoms with van der Waals surface area (Å²) in [6.45, 7) is 0. The van der Waals surface area contributed by atoms with E-state index in [0.717, 1.165) is 19.3 Å². The Balaban J connectivity index is 2.26. The smallest absolute Gasteiger partial charge is 0.245 e. The van der Waals surface area contributed by atoms with Crippen molar-refractivity contribution >= 4 is 6.29 Å². The van der Waals surface area contributed by atoms with E-state index in [0.29, 0.717) is 17.4 Å². The molecule has 1 aliphatic carbocycles. The number of halogens is 2. The second-order valence-electron chi connectivity index (χ2n) is 4.34. The van der Waals surface area contributed by atoms with Crippen LogP contribution < -0.4 is 0 Å². The van der Waals surface area contributed by atoms with Gasteiger partial charge in [-0.05, 0) is 30.4 Å². The lowest BCUT2D eigenvalue weighted by molar-refractivity contribution is 0.0617. The van der Waals surface area contributed by atoms with E-state index in [1.54, 1.807) is 24.3 Å². The van der Waals surface area contributed by atoms with Gasteiger partial charge in [-0.1, -0.05) is 24.6 Å². The van der Waals surface area contributed by atoms with E-state index in [4.69, 9.17) is 0 Å². The summed E-state index contributed by atoms with van der Waals surface area (Å²) in [7, 11) is 0. The van der Waals surface area contributed by atoms with Crippen molar-refractivity contribution in [3.8, 4) is 0 Å². The minimum atomic E-state index is -2.34. The van der Waals surface area contributed by atoms with Crippen LogP contribution in [-0.2, 0) is 0 Å². The second kappa shape index (κ2) is 4.73. The van der Waals surface area contributed by atoms with Crippen molar-refractivity contribution < 1.29 is 13.6 Å². The summed E-state index contributed by atoms with van der Waals surface area (Å²) in [5, 5.41) is 0. The molecule has 0 saturated heterocycles. The predicted octanol–water partition coefficient (Wildman–Crippen LogP) is 3.65. The minimum Gasteiger partial charge on any atom is -0.298 e. The fraction of sp³-hybridized carbons (Fsp3) is 0.462. The van der Waals surface area contributed by atoms with Crippen LogP contribution in [0.3, 0.4) is 0 Å². The van der Waals surface area contributed by atoms with Crippen molar-refractivity contribution in [3.05, 3.63) is 35.4 Å². The van der Waals surface area contributed by atoms with Gasteiger partial charge in [0.15, 0.2) is 0 Å². The molecule has 0 aromatic heterocycles. The van der Waals surface area contributed by atoms with Gasteiger partial charge in [0.2, 0.25) is 6.43 Å². The van der Waals surface area contributed by atoms with Crippen LogP contribution in [0.5, 0.6) is 0 Å². The monoisotopic (exact) mass is 224 g/mol. The van der Waals surface area contributed by atoms with Crippen LogP contribution in [-0.4, -0.2) is 12.7 Å². The molecule has 0 aliphatic heterocycles. The minimum absolute atomic E-state index is 0.0851. The maximum Gasteiger partial charge on any atom is 0.245 e. The fourth-order valence-corrected chi connectivity index (χ4v) is 2.26. The van der Waals surface area contributed by atoms with Gasteiger partial charge >= 0.3 is 0 Å². The molecule has 0 bridgehead atoms. The molecular formula is C13H14F2O. The lowest BCUT2D eigenvalue weighted by Crippen LogP contribution is -2.25. The van der Waals surface area contributed by atoms with Crippen molar-refractivity contribution in [1.29, 1.82) is 0 Å². The van der Waals surface area contributed by atoms with Crippen LogP contribution in [0.2, 0.25) is 0 Å². The van der Waals surface area contributed by atoms with Gasteiger partial charge in [0, 0.05) is 11.5 Å². The van der Waals surface area contributed by atoms with Crippen LogP contribution in [0.15, 0.2) is 24.3 Å². The van der Waals surface area contributed by atoms with Gasteiger partial charge in [0.25, 0.3) is 0 Å². The first-order chi connectivity index (χ1) is 7.72. The summed E-state index contributed by atoms with van der Waals surface area (Å²) >= 11 is 0. The number of hydrogen-bond acceptors (Lipinski definition) is 1. The molecule has 0 radical (unpaired) electrons. The number of carbonyl (C=O) groups excluding carboxylic acids is 1. The summed E-state index contributed by atoms with van der Waals surface area (Å²) in [4.78, 5) is 10.6. The number of benzene rings is 1. The van der Waals surface area contributed by atoms with E-state index in [9.17, 15) is 13.6 Å². The van der Waals surface area contributed by atoms with Gasteiger partial charge in [0.05, 0.1) is 0 Å². The van der Waals surface area contributed by atoms with Gasteiger partial charge in [-0.2, -0.15) is 0 Å². The predicted molar refractivity (Wildman–Crippen MR) is 57.9 cm³/mol. The lowest BCUT2D eigenvalue weighted by atomic mass is 9.73. The Morgan fingerprint density at radius 2 is 2.06 bits per heavy atom. The Kier molecular flexibility index (Phi) is 3.32. The Hall–Kier alpha value is -1.25. The zero-order valence-electron chi connectivity index (χ0n) is 8.90. The lowest BCUT2D eigenvalue weighted by Gasteiger charge is -2.33. The van der Waals surface area contributed by atoms with Gasteiger partial charge in [-0.3, -0.25) is 4.79 Å². The maximum atomic E-state index is 13.0. The van der Waals surface area contributed by atoms with Crippen molar-refractivity contribution in [2.45, 2.75) is 31.6 Å². The highest BCUT2D eigenvalue weighted by molar-refractivity contribution is 5.75. The molecule has 1 fully saturated rings. The molecular weight excluding hydrogens is 210 g/mol. The quantitative estimate of drug-likeness (QED) is 0.713. The van der Waals surface area contributed by atoms with Gasteiger partial charge in [-0.15, -0.1) is 0 Å². The first-order valence-corrected chi connectivity index (χ1v) is 5.55. The summed E-state index contributed by atoms with van der Waals surface area (Å²) < 4.78 is 26.0. The van der Waals surface area contributed by atoms with E-state index in [1.807, 2.05) is 0 Å². The molecule has 0 N–H and O–H groups in total. The average Bonchev–Trinajstić information content (AvgIpc) is 2.22.